The Kier molecular flexibility index (Phi) is 3.87. The van der Waals surface area contributed by atoms with Gasteiger partial charge in [-0.15, -0.1) is 0 Å². The molecule has 0 radical (unpaired) electrons. The first kappa shape index (κ1) is 12.9. The van der Waals surface area contributed by atoms with E-state index in [-0.39, 0.29) is 5.78 Å². The molecule has 0 saturated carbocycles. The third kappa shape index (κ3) is 2.64. The second-order valence-corrected chi connectivity index (χ2v) is 4.71. The van der Waals surface area contributed by atoms with Gasteiger partial charge in [0.05, 0.1) is 16.6 Å². The lowest BCUT2D eigenvalue weighted by molar-refractivity contribution is 0.103. The van der Waals surface area contributed by atoms with Crippen LogP contribution in [0.3, 0.4) is 0 Å². The van der Waals surface area contributed by atoms with Crippen LogP contribution in [0.2, 0.25) is 0 Å². The van der Waals surface area contributed by atoms with Crippen molar-refractivity contribution in [3.05, 3.63) is 51.9 Å². The third-order valence-corrected chi connectivity index (χ3v) is 3.11. The van der Waals surface area contributed by atoms with Gasteiger partial charge in [0.15, 0.2) is 5.78 Å². The Morgan fingerprint density at radius 3 is 2.67 bits per heavy atom. The maximum absolute atomic E-state index is 12.2. The van der Waals surface area contributed by atoms with Gasteiger partial charge in [-0.05, 0) is 54.0 Å². The molecule has 4 heteroatoms. The average molecular weight is 309 g/mol. The highest BCUT2D eigenvalue weighted by Gasteiger charge is 2.13. The van der Waals surface area contributed by atoms with Gasteiger partial charge in [0.25, 0.3) is 0 Å². The number of halogens is 1. The fraction of sp³-hybridized carbons (Fsp3) is 0.214. The van der Waals surface area contributed by atoms with Crippen molar-refractivity contribution < 1.29 is 13.9 Å². The van der Waals surface area contributed by atoms with Crippen LogP contribution >= 0.6 is 15.9 Å². The fourth-order valence-corrected chi connectivity index (χ4v) is 2.14. The molecule has 2 rings (SSSR count). The van der Waals surface area contributed by atoms with E-state index in [9.17, 15) is 4.79 Å². The number of benzene rings is 1. The lowest BCUT2D eigenvalue weighted by atomic mass is 10.1. The standard InChI is InChI=1S/C14H13BrO3/c1-3-17-13-5-4-10(7-12(13)15)14(16)11-6-9(2)18-8-11/h4-8H,3H2,1-2H3. The Balaban J connectivity index is 2.29. The van der Waals surface area contributed by atoms with Crippen LogP contribution in [-0.2, 0) is 0 Å². The van der Waals surface area contributed by atoms with Crippen LogP contribution in [0.5, 0.6) is 5.75 Å². The number of carbonyl (C=O) groups excluding carboxylic acids is 1. The molecule has 0 aliphatic carbocycles. The van der Waals surface area contributed by atoms with Gasteiger partial charge in [0.2, 0.25) is 0 Å². The topological polar surface area (TPSA) is 39.4 Å². The minimum absolute atomic E-state index is 0.0596. The maximum Gasteiger partial charge on any atom is 0.196 e. The van der Waals surface area contributed by atoms with Crippen LogP contribution in [0.15, 0.2) is 39.4 Å². The first-order chi connectivity index (χ1) is 8.61. The number of furan rings is 1. The summed E-state index contributed by atoms with van der Waals surface area (Å²) in [4.78, 5) is 12.2. The summed E-state index contributed by atoms with van der Waals surface area (Å²) in [6, 6.07) is 7.02. The van der Waals surface area contributed by atoms with Crippen molar-refractivity contribution in [2.24, 2.45) is 0 Å². The van der Waals surface area contributed by atoms with Crippen LogP contribution in [0.1, 0.15) is 28.6 Å². The minimum Gasteiger partial charge on any atom is -0.493 e. The first-order valence-electron chi connectivity index (χ1n) is 5.64. The van der Waals surface area contributed by atoms with E-state index in [4.69, 9.17) is 9.15 Å². The maximum atomic E-state index is 12.2. The zero-order valence-electron chi connectivity index (χ0n) is 10.2. The Morgan fingerprint density at radius 2 is 2.11 bits per heavy atom. The minimum atomic E-state index is -0.0596. The van der Waals surface area contributed by atoms with Crippen molar-refractivity contribution >= 4 is 21.7 Å². The highest BCUT2D eigenvalue weighted by molar-refractivity contribution is 9.10. The number of hydrogen-bond acceptors (Lipinski definition) is 3. The highest BCUT2D eigenvalue weighted by Crippen LogP contribution is 2.27. The molecule has 0 spiro atoms. The van der Waals surface area contributed by atoms with Crippen molar-refractivity contribution in [1.82, 2.24) is 0 Å². The van der Waals surface area contributed by atoms with Crippen molar-refractivity contribution in [2.45, 2.75) is 13.8 Å². The van der Waals surface area contributed by atoms with Crippen molar-refractivity contribution in [3.63, 3.8) is 0 Å². The van der Waals surface area contributed by atoms with Crippen LogP contribution in [0, 0.1) is 6.92 Å². The van der Waals surface area contributed by atoms with Gasteiger partial charge >= 0.3 is 0 Å². The Hall–Kier alpha value is -1.55. The van der Waals surface area contributed by atoms with E-state index in [0.29, 0.717) is 17.7 Å². The summed E-state index contributed by atoms with van der Waals surface area (Å²) in [6.07, 6.45) is 1.47. The van der Waals surface area contributed by atoms with Gasteiger partial charge in [-0.2, -0.15) is 0 Å². The Bertz CT molecular complexity index is 572. The summed E-state index contributed by atoms with van der Waals surface area (Å²) in [5, 5.41) is 0. The van der Waals surface area contributed by atoms with Gasteiger partial charge in [-0.3, -0.25) is 4.79 Å². The smallest absolute Gasteiger partial charge is 0.196 e. The first-order valence-corrected chi connectivity index (χ1v) is 6.43. The lowest BCUT2D eigenvalue weighted by Gasteiger charge is -2.06. The normalized spacial score (nSPS) is 10.4. The highest BCUT2D eigenvalue weighted by atomic mass is 79.9. The van der Waals surface area contributed by atoms with Crippen molar-refractivity contribution in [2.75, 3.05) is 6.61 Å². The second kappa shape index (κ2) is 5.40. The number of aryl methyl sites for hydroxylation is 1. The molecular weight excluding hydrogens is 296 g/mol. The summed E-state index contributed by atoms with van der Waals surface area (Å²) in [5.74, 6) is 1.40. The fourth-order valence-electron chi connectivity index (χ4n) is 1.64. The lowest BCUT2D eigenvalue weighted by Crippen LogP contribution is -2.00. The molecule has 1 heterocycles. The molecule has 0 fully saturated rings. The third-order valence-electron chi connectivity index (χ3n) is 2.49. The molecule has 0 amide bonds. The molecule has 2 aromatic rings. The van der Waals surface area contributed by atoms with Gasteiger partial charge < -0.3 is 9.15 Å². The van der Waals surface area contributed by atoms with Crippen LogP contribution in [0.4, 0.5) is 0 Å². The van der Waals surface area contributed by atoms with E-state index in [0.717, 1.165) is 16.0 Å². The molecule has 1 aromatic heterocycles. The van der Waals surface area contributed by atoms with E-state index in [1.807, 2.05) is 13.8 Å². The molecule has 0 bridgehead atoms. The Labute approximate surface area is 114 Å². The molecule has 0 saturated heterocycles. The van der Waals surface area contributed by atoms with Crippen molar-refractivity contribution in [3.8, 4) is 5.75 Å². The number of ether oxygens (including phenoxy) is 1. The number of rotatable bonds is 4. The monoisotopic (exact) mass is 308 g/mol. The quantitative estimate of drug-likeness (QED) is 0.802. The number of carbonyl (C=O) groups is 1. The molecule has 0 atom stereocenters. The van der Waals surface area contributed by atoms with E-state index >= 15 is 0 Å². The molecule has 94 valence electrons. The largest absolute Gasteiger partial charge is 0.493 e. The predicted molar refractivity (Wildman–Crippen MR) is 72.2 cm³/mol. The van der Waals surface area contributed by atoms with Crippen molar-refractivity contribution in [1.29, 1.82) is 0 Å². The molecule has 0 aliphatic heterocycles. The van der Waals surface area contributed by atoms with Gasteiger partial charge in [0, 0.05) is 5.56 Å². The molecule has 0 N–H and O–H groups in total. The molecule has 0 aliphatic rings. The Morgan fingerprint density at radius 1 is 1.33 bits per heavy atom. The predicted octanol–water partition coefficient (Wildman–Crippen LogP) is 3.98. The zero-order chi connectivity index (χ0) is 13.1. The van der Waals surface area contributed by atoms with Crippen LogP contribution in [-0.4, -0.2) is 12.4 Å². The number of ketones is 1. The van der Waals surface area contributed by atoms with Gasteiger partial charge in [0.1, 0.15) is 17.8 Å². The van der Waals surface area contributed by atoms with E-state index in [2.05, 4.69) is 15.9 Å². The molecule has 18 heavy (non-hydrogen) atoms. The van der Waals surface area contributed by atoms with Crippen LogP contribution < -0.4 is 4.74 Å². The number of hydrogen-bond donors (Lipinski definition) is 0. The summed E-state index contributed by atoms with van der Waals surface area (Å²) >= 11 is 3.39. The summed E-state index contributed by atoms with van der Waals surface area (Å²) in [6.45, 7) is 4.32. The zero-order valence-corrected chi connectivity index (χ0v) is 11.8. The SMILES string of the molecule is CCOc1ccc(C(=O)c2coc(C)c2)cc1Br. The van der Waals surface area contributed by atoms with Gasteiger partial charge in [-0.25, -0.2) is 0 Å². The van der Waals surface area contributed by atoms with E-state index in [1.54, 1.807) is 24.3 Å². The summed E-state index contributed by atoms with van der Waals surface area (Å²) < 4.78 is 11.3. The summed E-state index contributed by atoms with van der Waals surface area (Å²) in [5.41, 5.74) is 1.16. The summed E-state index contributed by atoms with van der Waals surface area (Å²) in [7, 11) is 0. The molecular formula is C14H13BrO3. The molecule has 0 unspecified atom stereocenters. The molecule has 3 nitrogen and oxygen atoms in total. The van der Waals surface area contributed by atoms with E-state index in [1.165, 1.54) is 6.26 Å². The average Bonchev–Trinajstić information content (AvgIpc) is 2.78. The molecule has 1 aromatic carbocycles. The van der Waals surface area contributed by atoms with E-state index < -0.39 is 0 Å². The van der Waals surface area contributed by atoms with Gasteiger partial charge in [-0.1, -0.05) is 0 Å². The van der Waals surface area contributed by atoms with Crippen LogP contribution in [0.25, 0.3) is 0 Å². The second-order valence-electron chi connectivity index (χ2n) is 3.85.